The quantitative estimate of drug-likeness (QED) is 0.895. The number of halogens is 1. The number of rotatable bonds is 5. The molecule has 1 saturated heterocycles. The van der Waals surface area contributed by atoms with Crippen LogP contribution in [-0.2, 0) is 9.59 Å². The molecule has 0 aliphatic carbocycles. The van der Waals surface area contributed by atoms with Gasteiger partial charge in [-0.1, -0.05) is 17.7 Å². The lowest BCUT2D eigenvalue weighted by Gasteiger charge is -2.12. The minimum Gasteiger partial charge on any atom is -0.493 e. The van der Waals surface area contributed by atoms with Gasteiger partial charge in [0.1, 0.15) is 5.75 Å². The number of hydrogen-bond donors (Lipinski definition) is 1. The van der Waals surface area contributed by atoms with Crippen LogP contribution in [0.25, 0.3) is 0 Å². The van der Waals surface area contributed by atoms with Crippen molar-refractivity contribution < 1.29 is 14.3 Å². The molecule has 0 radical (unpaired) electrons. The van der Waals surface area contributed by atoms with E-state index in [4.69, 9.17) is 16.3 Å². The maximum absolute atomic E-state index is 11.7. The monoisotopic (exact) mass is 296 g/mol. The second-order valence-corrected chi connectivity index (χ2v) is 5.24. The summed E-state index contributed by atoms with van der Waals surface area (Å²) in [7, 11) is 1.73. The molecule has 1 atom stereocenters. The number of carbonyl (C=O) groups excluding carboxylic acids is 2. The lowest BCUT2D eigenvalue weighted by Crippen LogP contribution is -2.37. The first-order valence-corrected chi connectivity index (χ1v) is 6.84. The summed E-state index contributed by atoms with van der Waals surface area (Å²) in [5, 5.41) is 3.43. The van der Waals surface area contributed by atoms with Gasteiger partial charge in [-0.25, -0.2) is 0 Å². The van der Waals surface area contributed by atoms with E-state index in [0.29, 0.717) is 23.7 Å². The molecule has 108 valence electrons. The summed E-state index contributed by atoms with van der Waals surface area (Å²) in [5.41, 5.74) is 0. The third kappa shape index (κ3) is 4.13. The predicted molar refractivity (Wildman–Crippen MR) is 75.7 cm³/mol. The molecule has 1 N–H and O–H groups in total. The first kappa shape index (κ1) is 14.7. The maximum Gasteiger partial charge on any atom is 0.224 e. The maximum atomic E-state index is 11.7. The zero-order chi connectivity index (χ0) is 14.5. The Kier molecular flexibility index (Phi) is 4.84. The molecule has 5 nitrogen and oxygen atoms in total. The highest BCUT2D eigenvalue weighted by atomic mass is 35.5. The van der Waals surface area contributed by atoms with Crippen LogP contribution in [0.3, 0.4) is 0 Å². The second-order valence-electron chi connectivity index (χ2n) is 4.80. The van der Waals surface area contributed by atoms with Crippen molar-refractivity contribution in [3.05, 3.63) is 29.3 Å². The fourth-order valence-corrected chi connectivity index (χ4v) is 2.26. The zero-order valence-corrected chi connectivity index (χ0v) is 12.0. The summed E-state index contributed by atoms with van der Waals surface area (Å²) in [5.74, 6) is 0.590. The van der Waals surface area contributed by atoms with Crippen LogP contribution >= 0.6 is 11.6 Å². The Bertz CT molecular complexity index is 507. The summed E-state index contributed by atoms with van der Waals surface area (Å²) < 4.78 is 5.44. The molecule has 0 spiro atoms. The number of carbonyl (C=O) groups is 2. The second kappa shape index (κ2) is 6.61. The SMILES string of the molecule is CN1C[C@@H](NC(=O)CCOc2cccc(Cl)c2)CC1=O. The Balaban J connectivity index is 1.69. The van der Waals surface area contributed by atoms with Crippen molar-refractivity contribution in [3.8, 4) is 5.75 Å². The number of nitrogens with zero attached hydrogens (tertiary/aromatic N) is 1. The molecular weight excluding hydrogens is 280 g/mol. The van der Waals surface area contributed by atoms with Crippen molar-refractivity contribution in [2.75, 3.05) is 20.2 Å². The van der Waals surface area contributed by atoms with Gasteiger partial charge in [0.2, 0.25) is 11.8 Å². The van der Waals surface area contributed by atoms with Gasteiger partial charge in [-0.2, -0.15) is 0 Å². The molecular formula is C14H17ClN2O3. The van der Waals surface area contributed by atoms with Crippen LogP contribution in [-0.4, -0.2) is 43.0 Å². The minimum atomic E-state index is -0.111. The van der Waals surface area contributed by atoms with Gasteiger partial charge in [0.25, 0.3) is 0 Å². The number of likely N-dealkylation sites (N-methyl/N-ethyl adjacent to an activating group) is 1. The van der Waals surface area contributed by atoms with Gasteiger partial charge < -0.3 is 15.0 Å². The molecule has 1 aliphatic heterocycles. The number of hydrogen-bond acceptors (Lipinski definition) is 3. The molecule has 1 fully saturated rings. The number of benzene rings is 1. The molecule has 0 bridgehead atoms. The average molecular weight is 297 g/mol. The first-order chi connectivity index (χ1) is 9.54. The Morgan fingerprint density at radius 1 is 1.55 bits per heavy atom. The van der Waals surface area contributed by atoms with Gasteiger partial charge in [-0.15, -0.1) is 0 Å². The summed E-state index contributed by atoms with van der Waals surface area (Å²) in [6, 6.07) is 6.94. The van der Waals surface area contributed by atoms with Gasteiger partial charge in [-0.3, -0.25) is 9.59 Å². The summed E-state index contributed by atoms with van der Waals surface area (Å²) in [6.45, 7) is 0.850. The predicted octanol–water partition coefficient (Wildman–Crippen LogP) is 1.46. The summed E-state index contributed by atoms with van der Waals surface area (Å²) in [6.07, 6.45) is 0.623. The fourth-order valence-electron chi connectivity index (χ4n) is 2.08. The van der Waals surface area contributed by atoms with Crippen LogP contribution in [0.15, 0.2) is 24.3 Å². The van der Waals surface area contributed by atoms with Crippen molar-refractivity contribution in [2.45, 2.75) is 18.9 Å². The fraction of sp³-hybridized carbons (Fsp3) is 0.429. The highest BCUT2D eigenvalue weighted by Gasteiger charge is 2.27. The van der Waals surface area contributed by atoms with Crippen molar-refractivity contribution in [1.29, 1.82) is 0 Å². The standard InChI is InChI=1S/C14H17ClN2O3/c1-17-9-11(8-14(17)19)16-13(18)5-6-20-12-4-2-3-10(15)7-12/h2-4,7,11H,5-6,8-9H2,1H3,(H,16,18)/t11-/m0/s1. The Morgan fingerprint density at radius 2 is 2.35 bits per heavy atom. The number of likely N-dealkylation sites (tertiary alicyclic amines) is 1. The highest BCUT2D eigenvalue weighted by Crippen LogP contribution is 2.17. The van der Waals surface area contributed by atoms with E-state index in [1.807, 2.05) is 0 Å². The van der Waals surface area contributed by atoms with Gasteiger partial charge in [-0.05, 0) is 18.2 Å². The molecule has 0 aromatic heterocycles. The van der Waals surface area contributed by atoms with E-state index < -0.39 is 0 Å². The van der Waals surface area contributed by atoms with Crippen molar-refractivity contribution in [2.24, 2.45) is 0 Å². The first-order valence-electron chi connectivity index (χ1n) is 6.46. The van der Waals surface area contributed by atoms with Crippen molar-refractivity contribution >= 4 is 23.4 Å². The van der Waals surface area contributed by atoms with Gasteiger partial charge in [0.05, 0.1) is 19.1 Å². The molecule has 1 aromatic carbocycles. The number of nitrogens with one attached hydrogen (secondary N) is 1. The topological polar surface area (TPSA) is 58.6 Å². The third-order valence-electron chi connectivity index (χ3n) is 3.10. The summed E-state index contributed by atoms with van der Waals surface area (Å²) >= 11 is 5.83. The molecule has 2 rings (SSSR count). The van der Waals surface area contributed by atoms with Crippen LogP contribution < -0.4 is 10.1 Å². The molecule has 6 heteroatoms. The average Bonchev–Trinajstić information content (AvgIpc) is 2.68. The van der Waals surface area contributed by atoms with Crippen LogP contribution in [0.5, 0.6) is 5.75 Å². The minimum absolute atomic E-state index is 0.0606. The summed E-state index contributed by atoms with van der Waals surface area (Å²) in [4.78, 5) is 24.7. The lowest BCUT2D eigenvalue weighted by molar-refractivity contribution is -0.126. The Morgan fingerprint density at radius 3 is 3.00 bits per heavy atom. The van der Waals surface area contributed by atoms with E-state index in [9.17, 15) is 9.59 Å². The normalized spacial score (nSPS) is 18.2. The van der Waals surface area contributed by atoms with Crippen molar-refractivity contribution in [1.82, 2.24) is 10.2 Å². The lowest BCUT2D eigenvalue weighted by atomic mass is 10.2. The van der Waals surface area contributed by atoms with E-state index >= 15 is 0 Å². The highest BCUT2D eigenvalue weighted by molar-refractivity contribution is 6.30. The molecule has 2 amide bonds. The van der Waals surface area contributed by atoms with E-state index in [-0.39, 0.29) is 30.9 Å². The smallest absolute Gasteiger partial charge is 0.224 e. The van der Waals surface area contributed by atoms with Gasteiger partial charge in [0.15, 0.2) is 0 Å². The Labute approximate surface area is 122 Å². The van der Waals surface area contributed by atoms with Crippen LogP contribution in [0.1, 0.15) is 12.8 Å². The van der Waals surface area contributed by atoms with Crippen LogP contribution in [0.4, 0.5) is 0 Å². The van der Waals surface area contributed by atoms with E-state index in [0.717, 1.165) is 0 Å². The van der Waals surface area contributed by atoms with Gasteiger partial charge in [0, 0.05) is 25.0 Å². The van der Waals surface area contributed by atoms with Gasteiger partial charge >= 0.3 is 0 Å². The van der Waals surface area contributed by atoms with E-state index in [1.54, 1.807) is 36.2 Å². The molecule has 0 saturated carbocycles. The van der Waals surface area contributed by atoms with Crippen LogP contribution in [0.2, 0.25) is 5.02 Å². The Hall–Kier alpha value is -1.75. The van der Waals surface area contributed by atoms with Crippen molar-refractivity contribution in [3.63, 3.8) is 0 Å². The molecule has 20 heavy (non-hydrogen) atoms. The zero-order valence-electron chi connectivity index (χ0n) is 11.3. The largest absolute Gasteiger partial charge is 0.493 e. The van der Waals surface area contributed by atoms with E-state index in [2.05, 4.69) is 5.32 Å². The van der Waals surface area contributed by atoms with Crippen LogP contribution in [0, 0.1) is 0 Å². The number of ether oxygens (including phenoxy) is 1. The molecule has 1 aromatic rings. The molecule has 1 aliphatic rings. The molecule has 0 unspecified atom stereocenters. The van der Waals surface area contributed by atoms with E-state index in [1.165, 1.54) is 0 Å². The number of amides is 2. The third-order valence-corrected chi connectivity index (χ3v) is 3.34. The molecule has 1 heterocycles.